The van der Waals surface area contributed by atoms with E-state index >= 15 is 0 Å². The lowest BCUT2D eigenvalue weighted by molar-refractivity contribution is -0.194. The minimum absolute atomic E-state index is 0.101. The molecule has 0 spiro atoms. The quantitative estimate of drug-likeness (QED) is 0.445. The first-order valence-electron chi connectivity index (χ1n) is 9.20. The SMILES string of the molecule is CCCCON(Cc1ccc(-c2noc(C(F)(F)F)n2)cc1)C(=O)C(C)CC. The van der Waals surface area contributed by atoms with Crippen LogP contribution < -0.4 is 0 Å². The number of hydrogen-bond donors (Lipinski definition) is 0. The Hall–Kier alpha value is -2.42. The largest absolute Gasteiger partial charge is 0.471 e. The first-order chi connectivity index (χ1) is 13.3. The molecular formula is C19H24F3N3O3. The van der Waals surface area contributed by atoms with Crippen molar-refractivity contribution in [3.8, 4) is 11.4 Å². The van der Waals surface area contributed by atoms with Gasteiger partial charge < -0.3 is 4.52 Å². The minimum atomic E-state index is -4.68. The summed E-state index contributed by atoms with van der Waals surface area (Å²) in [5.41, 5.74) is 1.16. The zero-order valence-corrected chi connectivity index (χ0v) is 16.1. The maximum atomic E-state index is 12.6. The molecule has 0 N–H and O–H groups in total. The highest BCUT2D eigenvalue weighted by Crippen LogP contribution is 2.29. The van der Waals surface area contributed by atoms with E-state index in [1.54, 1.807) is 24.3 Å². The molecule has 6 nitrogen and oxygen atoms in total. The molecule has 28 heavy (non-hydrogen) atoms. The average Bonchev–Trinajstić information content (AvgIpc) is 3.17. The van der Waals surface area contributed by atoms with Gasteiger partial charge in [-0.3, -0.25) is 9.63 Å². The van der Waals surface area contributed by atoms with Gasteiger partial charge in [-0.25, -0.2) is 5.06 Å². The molecule has 0 saturated carbocycles. The molecule has 0 bridgehead atoms. The third-order valence-corrected chi connectivity index (χ3v) is 4.23. The van der Waals surface area contributed by atoms with Crippen molar-refractivity contribution in [1.29, 1.82) is 0 Å². The van der Waals surface area contributed by atoms with Crippen LogP contribution >= 0.6 is 0 Å². The molecule has 0 aliphatic carbocycles. The summed E-state index contributed by atoms with van der Waals surface area (Å²) in [7, 11) is 0. The molecule has 0 fully saturated rings. The van der Waals surface area contributed by atoms with Gasteiger partial charge in [0.1, 0.15) is 0 Å². The molecule has 0 aliphatic heterocycles. The standard InChI is InChI=1S/C19H24F3N3O3/c1-4-6-11-27-25(17(26)13(3)5-2)12-14-7-9-15(10-8-14)16-23-18(28-24-16)19(20,21)22/h7-10,13H,4-6,11-12H2,1-3H3. The Morgan fingerprint density at radius 2 is 1.93 bits per heavy atom. The normalized spacial score (nSPS) is 12.8. The van der Waals surface area contributed by atoms with Gasteiger partial charge in [0.25, 0.3) is 0 Å². The van der Waals surface area contributed by atoms with Gasteiger partial charge in [0.15, 0.2) is 0 Å². The van der Waals surface area contributed by atoms with Crippen molar-refractivity contribution in [1.82, 2.24) is 15.2 Å². The summed E-state index contributed by atoms with van der Waals surface area (Å²) in [6, 6.07) is 6.55. The molecular weight excluding hydrogens is 375 g/mol. The van der Waals surface area contributed by atoms with Crippen LogP contribution in [0.5, 0.6) is 0 Å². The van der Waals surface area contributed by atoms with E-state index in [4.69, 9.17) is 4.84 Å². The summed E-state index contributed by atoms with van der Waals surface area (Å²) < 4.78 is 42.0. The first-order valence-corrected chi connectivity index (χ1v) is 9.20. The van der Waals surface area contributed by atoms with E-state index in [0.717, 1.165) is 18.4 Å². The predicted molar refractivity (Wildman–Crippen MR) is 95.6 cm³/mol. The maximum absolute atomic E-state index is 12.6. The van der Waals surface area contributed by atoms with Gasteiger partial charge in [0, 0.05) is 11.5 Å². The number of nitrogens with zero attached hydrogens (tertiary/aromatic N) is 3. The molecule has 154 valence electrons. The number of carbonyl (C=O) groups is 1. The average molecular weight is 399 g/mol. The van der Waals surface area contributed by atoms with E-state index in [9.17, 15) is 18.0 Å². The van der Waals surface area contributed by atoms with Crippen LogP contribution in [0.15, 0.2) is 28.8 Å². The maximum Gasteiger partial charge on any atom is 0.471 e. The fraction of sp³-hybridized carbons (Fsp3) is 0.526. The summed E-state index contributed by atoms with van der Waals surface area (Å²) >= 11 is 0. The van der Waals surface area contributed by atoms with E-state index in [0.29, 0.717) is 18.6 Å². The van der Waals surface area contributed by atoms with Crippen LogP contribution in [0, 0.1) is 5.92 Å². The third-order valence-electron chi connectivity index (χ3n) is 4.23. The Labute approximate surface area is 161 Å². The Balaban J connectivity index is 2.11. The number of hydrogen-bond acceptors (Lipinski definition) is 5. The smallest absolute Gasteiger partial charge is 0.329 e. The topological polar surface area (TPSA) is 68.5 Å². The highest BCUT2D eigenvalue weighted by atomic mass is 19.4. The number of benzene rings is 1. The van der Waals surface area contributed by atoms with Gasteiger partial charge in [-0.1, -0.05) is 56.6 Å². The van der Waals surface area contributed by atoms with Crippen molar-refractivity contribution in [3.05, 3.63) is 35.7 Å². The van der Waals surface area contributed by atoms with Crippen LogP contribution in [0.1, 0.15) is 51.5 Å². The van der Waals surface area contributed by atoms with Crippen LogP contribution in [0.3, 0.4) is 0 Å². The van der Waals surface area contributed by atoms with Gasteiger partial charge in [-0.15, -0.1) is 0 Å². The third kappa shape index (κ3) is 5.79. The number of unbranched alkanes of at least 4 members (excludes halogenated alkanes) is 1. The summed E-state index contributed by atoms with van der Waals surface area (Å²) in [6.45, 7) is 6.50. The Bertz CT molecular complexity index is 760. The number of hydroxylamine groups is 2. The van der Waals surface area contributed by atoms with Crippen molar-refractivity contribution in [2.45, 2.75) is 52.8 Å². The first kappa shape index (κ1) is 21.9. The molecule has 0 aliphatic rings. The minimum Gasteiger partial charge on any atom is -0.329 e. The van der Waals surface area contributed by atoms with Gasteiger partial charge >= 0.3 is 12.1 Å². The van der Waals surface area contributed by atoms with Crippen molar-refractivity contribution in [2.24, 2.45) is 5.92 Å². The Kier molecular flexibility index (Phi) is 7.56. The number of alkyl halides is 3. The van der Waals surface area contributed by atoms with Crippen LogP contribution in [0.4, 0.5) is 13.2 Å². The molecule has 2 rings (SSSR count). The molecule has 1 aromatic carbocycles. The zero-order valence-electron chi connectivity index (χ0n) is 16.1. The second-order valence-electron chi connectivity index (χ2n) is 6.49. The summed E-state index contributed by atoms with van der Waals surface area (Å²) in [5.74, 6) is -1.80. The number of amides is 1. The van der Waals surface area contributed by atoms with Crippen LogP contribution in [-0.4, -0.2) is 27.7 Å². The fourth-order valence-corrected chi connectivity index (χ4v) is 2.31. The lowest BCUT2D eigenvalue weighted by Crippen LogP contribution is -2.35. The van der Waals surface area contributed by atoms with Gasteiger partial charge in [0.2, 0.25) is 11.7 Å². The van der Waals surface area contributed by atoms with E-state index in [-0.39, 0.29) is 24.2 Å². The molecule has 2 aromatic rings. The molecule has 1 amide bonds. The predicted octanol–water partition coefficient (Wildman–Crippen LogP) is 4.86. The molecule has 9 heteroatoms. The lowest BCUT2D eigenvalue weighted by Gasteiger charge is -2.24. The monoisotopic (exact) mass is 399 g/mol. The second-order valence-corrected chi connectivity index (χ2v) is 6.49. The van der Waals surface area contributed by atoms with E-state index in [2.05, 4.69) is 14.7 Å². The van der Waals surface area contributed by atoms with E-state index < -0.39 is 12.1 Å². The number of rotatable bonds is 9. The summed E-state index contributed by atoms with van der Waals surface area (Å²) in [6.07, 6.45) is -2.20. The summed E-state index contributed by atoms with van der Waals surface area (Å²) in [4.78, 5) is 21.5. The van der Waals surface area contributed by atoms with Crippen LogP contribution in [0.2, 0.25) is 0 Å². The van der Waals surface area contributed by atoms with Crippen molar-refractivity contribution in [2.75, 3.05) is 6.61 Å². The molecule has 1 atom stereocenters. The van der Waals surface area contributed by atoms with Gasteiger partial charge in [0.05, 0.1) is 13.2 Å². The lowest BCUT2D eigenvalue weighted by atomic mass is 10.1. The molecule has 0 radical (unpaired) electrons. The van der Waals surface area contributed by atoms with Gasteiger partial charge in [-0.2, -0.15) is 18.2 Å². The number of aromatic nitrogens is 2. The highest BCUT2D eigenvalue weighted by molar-refractivity contribution is 5.77. The number of halogens is 3. The van der Waals surface area contributed by atoms with E-state index in [1.165, 1.54) is 5.06 Å². The van der Waals surface area contributed by atoms with Crippen LogP contribution in [-0.2, 0) is 22.4 Å². The van der Waals surface area contributed by atoms with Crippen LogP contribution in [0.25, 0.3) is 11.4 Å². The molecule has 0 saturated heterocycles. The van der Waals surface area contributed by atoms with E-state index in [1.807, 2.05) is 20.8 Å². The fourth-order valence-electron chi connectivity index (χ4n) is 2.31. The van der Waals surface area contributed by atoms with Crippen molar-refractivity contribution in [3.63, 3.8) is 0 Å². The van der Waals surface area contributed by atoms with Crippen molar-refractivity contribution >= 4 is 5.91 Å². The Morgan fingerprint density at radius 1 is 1.25 bits per heavy atom. The van der Waals surface area contributed by atoms with Crippen molar-refractivity contribution < 1.29 is 27.3 Å². The molecule has 1 unspecified atom stereocenters. The summed E-state index contributed by atoms with van der Waals surface area (Å²) in [5, 5.41) is 4.72. The Morgan fingerprint density at radius 3 is 2.46 bits per heavy atom. The zero-order chi connectivity index (χ0) is 20.7. The highest BCUT2D eigenvalue weighted by Gasteiger charge is 2.38. The number of carbonyl (C=O) groups excluding carboxylic acids is 1. The second kappa shape index (κ2) is 9.68. The van der Waals surface area contributed by atoms with Gasteiger partial charge in [-0.05, 0) is 18.4 Å². The molecule has 1 aromatic heterocycles. The molecule has 1 heterocycles.